The molecule has 0 bridgehead atoms. The van der Waals surface area contributed by atoms with Crippen molar-refractivity contribution in [3.05, 3.63) is 58.5 Å². The number of nitrogens with zero attached hydrogens (tertiary/aromatic N) is 3. The molecule has 146 valence electrons. The normalized spacial score (nSPS) is 12.1. The van der Waals surface area contributed by atoms with Crippen molar-refractivity contribution in [2.45, 2.75) is 32.9 Å². The van der Waals surface area contributed by atoms with Gasteiger partial charge >= 0.3 is 11.8 Å². The van der Waals surface area contributed by atoms with E-state index >= 15 is 0 Å². The molecule has 2 aromatic rings. The number of ether oxygens (including phenoxy) is 1. The molecule has 0 radical (unpaired) electrons. The first kappa shape index (κ1) is 20.3. The van der Waals surface area contributed by atoms with Crippen molar-refractivity contribution in [2.24, 2.45) is 0 Å². The molecule has 1 aromatic carbocycles. The summed E-state index contributed by atoms with van der Waals surface area (Å²) in [5, 5.41) is 6.19. The number of halogens is 3. The quantitative estimate of drug-likeness (QED) is 0.860. The molecule has 0 aliphatic heterocycles. The Morgan fingerprint density at radius 1 is 1.30 bits per heavy atom. The lowest BCUT2D eigenvalue weighted by Crippen LogP contribution is -2.34. The Balaban J connectivity index is 2.08. The minimum Gasteiger partial charge on any atom is -0.444 e. The van der Waals surface area contributed by atoms with Gasteiger partial charge in [0, 0.05) is 12.6 Å². The van der Waals surface area contributed by atoms with Crippen LogP contribution in [0.15, 0.2) is 41.2 Å². The minimum atomic E-state index is -1.11. The summed E-state index contributed by atoms with van der Waals surface area (Å²) in [5.74, 6) is -2.16. The lowest BCUT2D eigenvalue weighted by Gasteiger charge is -2.19. The third-order valence-corrected chi connectivity index (χ3v) is 3.28. The van der Waals surface area contributed by atoms with Crippen molar-refractivity contribution in [3.63, 3.8) is 0 Å². The smallest absolute Gasteiger partial charge is 0.407 e. The third-order valence-electron chi connectivity index (χ3n) is 3.28. The average molecular weight is 384 g/mol. The molecule has 0 atom stereocenters. The zero-order valence-electron chi connectivity index (χ0n) is 15.0. The largest absolute Gasteiger partial charge is 0.444 e. The van der Waals surface area contributed by atoms with Gasteiger partial charge in [-0.15, -0.1) is 0 Å². The van der Waals surface area contributed by atoms with Crippen LogP contribution in [0, 0.1) is 11.6 Å². The molecule has 0 fully saturated rings. The van der Waals surface area contributed by atoms with Gasteiger partial charge in [0.2, 0.25) is 0 Å². The van der Waals surface area contributed by atoms with Gasteiger partial charge in [-0.1, -0.05) is 0 Å². The maximum atomic E-state index is 13.3. The molecule has 10 heteroatoms. The van der Waals surface area contributed by atoms with Gasteiger partial charge in [0.15, 0.2) is 11.6 Å². The highest BCUT2D eigenvalue weighted by Crippen LogP contribution is 2.11. The van der Waals surface area contributed by atoms with E-state index in [0.717, 1.165) is 27.7 Å². The number of hydrogen-bond acceptors (Lipinski definition) is 4. The molecule has 1 N–H and O–H groups in total. The Bertz CT molecular complexity index is 913. The molecule has 27 heavy (non-hydrogen) atoms. The Hall–Kier alpha value is -3.04. The highest BCUT2D eigenvalue weighted by molar-refractivity contribution is 5.68. The topological polar surface area (TPSA) is 78.2 Å². The lowest BCUT2D eigenvalue weighted by atomic mass is 10.2. The number of hydrogen-bond donors (Lipinski definition) is 1. The van der Waals surface area contributed by atoms with Crippen LogP contribution in [-0.2, 0) is 11.3 Å². The highest BCUT2D eigenvalue weighted by atomic mass is 19.2. The molecule has 1 heterocycles. The number of carbonyl (C=O) groups excluding carboxylic acids is 1. The molecule has 0 unspecified atom stereocenters. The Kier molecular flexibility index (Phi) is 6.09. The molecule has 1 aromatic heterocycles. The number of aromatic nitrogens is 3. The van der Waals surface area contributed by atoms with Crippen LogP contribution in [-0.4, -0.2) is 32.6 Å². The second-order valence-electron chi connectivity index (χ2n) is 6.66. The van der Waals surface area contributed by atoms with E-state index in [2.05, 4.69) is 10.4 Å². The molecule has 0 spiro atoms. The molecular formula is C17H19F3N4O3. The monoisotopic (exact) mass is 384 g/mol. The predicted octanol–water partition coefficient (Wildman–Crippen LogP) is 2.69. The molecule has 1 amide bonds. The first-order valence-corrected chi connectivity index (χ1v) is 7.95. The van der Waals surface area contributed by atoms with Gasteiger partial charge < -0.3 is 10.1 Å². The van der Waals surface area contributed by atoms with Gasteiger partial charge in [-0.05, 0) is 38.5 Å². The van der Waals surface area contributed by atoms with E-state index in [9.17, 15) is 22.8 Å². The lowest BCUT2D eigenvalue weighted by molar-refractivity contribution is 0.0532. The molecule has 0 aliphatic rings. The van der Waals surface area contributed by atoms with Gasteiger partial charge in [0.05, 0.1) is 18.6 Å². The van der Waals surface area contributed by atoms with E-state index in [1.54, 1.807) is 20.8 Å². The number of amides is 1. The fourth-order valence-electron chi connectivity index (χ4n) is 2.08. The SMILES string of the molecule is CC(C)(C)OC(=O)NC/C(=C/F)Cn1ncn(-c2ccc(F)c(F)c2)c1=O. The number of rotatable bonds is 5. The van der Waals surface area contributed by atoms with Crippen molar-refractivity contribution < 1.29 is 22.7 Å². The number of alkyl carbamates (subject to hydrolysis) is 1. The first-order chi connectivity index (χ1) is 12.6. The summed E-state index contributed by atoms with van der Waals surface area (Å²) in [5.41, 5.74) is -1.26. The molecule has 2 rings (SSSR count). The standard InChI is InChI=1S/C17H19F3N4O3/c1-17(2,3)27-15(25)21-8-11(7-18)9-24-16(26)23(10-22-24)12-4-5-13(19)14(20)6-12/h4-7,10H,8-9H2,1-3H3,(H,21,25)/b11-7-. The van der Waals surface area contributed by atoms with E-state index in [1.165, 1.54) is 6.07 Å². The van der Waals surface area contributed by atoms with Crippen LogP contribution in [0.25, 0.3) is 5.69 Å². The zero-order valence-corrected chi connectivity index (χ0v) is 15.0. The molecule has 0 aliphatic carbocycles. The third kappa shape index (κ3) is 5.47. The number of carbonyl (C=O) groups is 1. The zero-order chi connectivity index (χ0) is 20.2. The Morgan fingerprint density at radius 2 is 2.00 bits per heavy atom. The first-order valence-electron chi connectivity index (χ1n) is 7.95. The Labute approximate surface area is 153 Å². The van der Waals surface area contributed by atoms with Crippen molar-refractivity contribution >= 4 is 6.09 Å². The average Bonchev–Trinajstić information content (AvgIpc) is 2.93. The van der Waals surface area contributed by atoms with Crippen LogP contribution in [0.2, 0.25) is 0 Å². The van der Waals surface area contributed by atoms with Gasteiger partial charge in [-0.3, -0.25) is 0 Å². The summed E-state index contributed by atoms with van der Waals surface area (Å²) in [4.78, 5) is 23.9. The summed E-state index contributed by atoms with van der Waals surface area (Å²) in [7, 11) is 0. The van der Waals surface area contributed by atoms with Crippen molar-refractivity contribution in [3.8, 4) is 5.69 Å². The fourth-order valence-corrected chi connectivity index (χ4v) is 2.08. The van der Waals surface area contributed by atoms with Gasteiger partial charge in [0.1, 0.15) is 11.9 Å². The van der Waals surface area contributed by atoms with Crippen molar-refractivity contribution in [1.29, 1.82) is 0 Å². The molecule has 7 nitrogen and oxygen atoms in total. The van der Waals surface area contributed by atoms with E-state index < -0.39 is 29.0 Å². The summed E-state index contributed by atoms with van der Waals surface area (Å²) in [6.07, 6.45) is 0.619. The molecule has 0 saturated heterocycles. The second kappa shape index (κ2) is 8.11. The van der Waals surface area contributed by atoms with Crippen molar-refractivity contribution in [1.82, 2.24) is 19.7 Å². The van der Waals surface area contributed by atoms with Crippen LogP contribution in [0.4, 0.5) is 18.0 Å². The van der Waals surface area contributed by atoms with E-state index in [4.69, 9.17) is 4.74 Å². The molecular weight excluding hydrogens is 365 g/mol. The predicted molar refractivity (Wildman–Crippen MR) is 91.2 cm³/mol. The number of benzene rings is 1. The van der Waals surface area contributed by atoms with Crippen LogP contribution >= 0.6 is 0 Å². The van der Waals surface area contributed by atoms with Crippen LogP contribution in [0.1, 0.15) is 20.8 Å². The summed E-state index contributed by atoms with van der Waals surface area (Å²) >= 11 is 0. The Morgan fingerprint density at radius 3 is 2.59 bits per heavy atom. The summed E-state index contributed by atoms with van der Waals surface area (Å²) in [6, 6.07) is 2.94. The van der Waals surface area contributed by atoms with Crippen LogP contribution in [0.5, 0.6) is 0 Å². The summed E-state index contributed by atoms with van der Waals surface area (Å²) < 4.78 is 46.4. The van der Waals surface area contributed by atoms with E-state index in [-0.39, 0.29) is 30.7 Å². The van der Waals surface area contributed by atoms with Crippen LogP contribution in [0.3, 0.4) is 0 Å². The van der Waals surface area contributed by atoms with Gasteiger partial charge in [-0.25, -0.2) is 32.0 Å². The maximum Gasteiger partial charge on any atom is 0.407 e. The fraction of sp³-hybridized carbons (Fsp3) is 0.353. The summed E-state index contributed by atoms with van der Waals surface area (Å²) in [6.45, 7) is 4.60. The second-order valence-corrected chi connectivity index (χ2v) is 6.66. The number of nitrogens with one attached hydrogen (secondary N) is 1. The van der Waals surface area contributed by atoms with E-state index in [0.29, 0.717) is 0 Å². The highest BCUT2D eigenvalue weighted by Gasteiger charge is 2.17. The molecule has 0 saturated carbocycles. The van der Waals surface area contributed by atoms with Crippen molar-refractivity contribution in [2.75, 3.05) is 6.54 Å². The van der Waals surface area contributed by atoms with E-state index in [1.807, 2.05) is 0 Å². The minimum absolute atomic E-state index is 0.0542. The van der Waals surface area contributed by atoms with Gasteiger partial charge in [-0.2, -0.15) is 5.10 Å². The van der Waals surface area contributed by atoms with Gasteiger partial charge in [0.25, 0.3) is 0 Å². The maximum absolute atomic E-state index is 13.3. The van der Waals surface area contributed by atoms with Crippen LogP contribution < -0.4 is 11.0 Å².